The summed E-state index contributed by atoms with van der Waals surface area (Å²) in [5.41, 5.74) is 6.42. The molecule has 5 N–H and O–H groups in total. The third-order valence-electron chi connectivity index (χ3n) is 12.9. The second-order valence-electron chi connectivity index (χ2n) is 17.0. The fourth-order valence-corrected chi connectivity index (χ4v) is 9.57. The van der Waals surface area contributed by atoms with Crippen LogP contribution in [-0.4, -0.2) is 62.5 Å². The van der Waals surface area contributed by atoms with Crippen molar-refractivity contribution in [2.45, 2.75) is 121 Å². The molecule has 10 heteroatoms. The number of phenolic OH excluding ortho intramolecular Hbond substituents is 1. The van der Waals surface area contributed by atoms with E-state index in [1.165, 1.54) is 17.2 Å². The lowest BCUT2D eigenvalue weighted by atomic mass is 9.68. The largest absolute Gasteiger partial charge is 0.508 e. The Morgan fingerprint density at radius 1 is 0.895 bits per heavy atom. The van der Waals surface area contributed by atoms with Crippen LogP contribution in [0.2, 0.25) is 0 Å². The molecule has 0 saturated heterocycles. The molecule has 3 aliphatic heterocycles. The average Bonchev–Trinajstić information content (AvgIpc) is 3.39. The molecule has 8 rings (SSSR count). The molecule has 57 heavy (non-hydrogen) atoms. The summed E-state index contributed by atoms with van der Waals surface area (Å²) in [5, 5.41) is 47.7. The van der Waals surface area contributed by atoms with Crippen LogP contribution in [0.15, 0.2) is 59.7 Å². The molecule has 9 bridgehead atoms. The van der Waals surface area contributed by atoms with Crippen molar-refractivity contribution in [1.82, 2.24) is 0 Å². The summed E-state index contributed by atoms with van der Waals surface area (Å²) >= 11 is 0. The number of aryl methyl sites for hydroxylation is 2. The molecule has 0 amide bonds. The zero-order valence-electron chi connectivity index (χ0n) is 32.6. The third-order valence-corrected chi connectivity index (χ3v) is 12.9. The van der Waals surface area contributed by atoms with E-state index in [9.17, 15) is 30.0 Å². The standard InChI is InChI=1S/C47H51NO9/c1-26(50)24-48-38-16-28(25-49)15-34(18-38)32-9-10-33-22-45(53)56-43-23-42(52)36(20-39(33)43)21-44-47(2,55)37-11-12-41(51)35(17-37)14-27-3-4-29-5-6-30(7-8-31(29)13-27)40(19-32)46(54)57-44/h3-4,13,15-16,18,20,23,26,32-33,35,37,44,48-50,52,55H,5-8,11-12,14,17,19,21-22,24-25H2,1-2H3. The van der Waals surface area contributed by atoms with Gasteiger partial charge in [-0.25, -0.2) is 4.79 Å². The smallest absolute Gasteiger partial charge is 0.334 e. The van der Waals surface area contributed by atoms with Gasteiger partial charge in [0.25, 0.3) is 0 Å². The first-order chi connectivity index (χ1) is 27.3. The van der Waals surface area contributed by atoms with Crippen LogP contribution in [0.25, 0.3) is 0 Å². The van der Waals surface area contributed by atoms with Gasteiger partial charge in [-0.2, -0.15) is 0 Å². The highest BCUT2D eigenvalue weighted by Gasteiger charge is 2.47. The number of carbonyl (C=O) groups excluding carboxylic acids is 3. The maximum atomic E-state index is 15.0. The quantitative estimate of drug-likeness (QED) is 0.120. The third kappa shape index (κ3) is 8.11. The summed E-state index contributed by atoms with van der Waals surface area (Å²) < 4.78 is 12.2. The van der Waals surface area contributed by atoms with Crippen molar-refractivity contribution in [3.63, 3.8) is 0 Å². The van der Waals surface area contributed by atoms with E-state index in [2.05, 4.69) is 35.4 Å². The zero-order valence-corrected chi connectivity index (χ0v) is 32.6. The summed E-state index contributed by atoms with van der Waals surface area (Å²) in [6, 6.07) is 15.2. The van der Waals surface area contributed by atoms with Crippen LogP contribution in [0.5, 0.6) is 11.5 Å². The van der Waals surface area contributed by atoms with Crippen molar-refractivity contribution < 1.29 is 44.3 Å². The predicted octanol–water partition coefficient (Wildman–Crippen LogP) is 5.88. The molecule has 3 aromatic rings. The van der Waals surface area contributed by atoms with E-state index in [-0.39, 0.29) is 61.5 Å². The lowest BCUT2D eigenvalue weighted by Crippen LogP contribution is -2.52. The Balaban J connectivity index is 1.33. The number of Topliss-reactive ketones (excluding diaryl/α,β-unsaturated/α-hetero) is 1. The number of carbonyl (C=O) groups is 3. The summed E-state index contributed by atoms with van der Waals surface area (Å²) in [6.45, 7) is 3.40. The van der Waals surface area contributed by atoms with E-state index in [1.54, 1.807) is 19.9 Å². The SMILES string of the molecule is CC(O)CNc1cc(CO)cc(C2C#CC3CC(=O)Oc4cc(O)c(cc43)CC3OC(=O)C(=C4CCc5ccc(cc5CC4)CC4CC(CCC4=O)C3(C)O)C2)c1. The number of nitrogens with one attached hydrogen (secondary N) is 1. The van der Waals surface area contributed by atoms with E-state index in [4.69, 9.17) is 9.47 Å². The molecule has 3 aromatic carbocycles. The molecule has 7 atom stereocenters. The lowest BCUT2D eigenvalue weighted by Gasteiger charge is -2.42. The van der Waals surface area contributed by atoms with Crippen LogP contribution in [-0.2, 0) is 51.4 Å². The maximum Gasteiger partial charge on any atom is 0.334 e. The summed E-state index contributed by atoms with van der Waals surface area (Å²) in [4.78, 5) is 41.4. The molecule has 298 valence electrons. The van der Waals surface area contributed by atoms with E-state index >= 15 is 4.79 Å². The first-order valence-electron chi connectivity index (χ1n) is 20.4. The molecule has 3 heterocycles. The Kier molecular flexibility index (Phi) is 10.8. The Hall–Kier alpha value is -4.95. The number of allylic oxidation sites excluding steroid dienone is 1. The van der Waals surface area contributed by atoms with E-state index in [1.807, 2.05) is 18.2 Å². The fourth-order valence-electron chi connectivity index (χ4n) is 9.57. The molecule has 0 spiro atoms. The Labute approximate surface area is 333 Å². The van der Waals surface area contributed by atoms with Gasteiger partial charge >= 0.3 is 11.9 Å². The van der Waals surface area contributed by atoms with Gasteiger partial charge in [0.1, 0.15) is 29.0 Å². The topological polar surface area (TPSA) is 163 Å². The van der Waals surface area contributed by atoms with Crippen LogP contribution >= 0.6 is 0 Å². The van der Waals surface area contributed by atoms with Gasteiger partial charge in [-0.1, -0.05) is 41.7 Å². The fraction of sp³-hybridized carbons (Fsp3) is 0.468. The van der Waals surface area contributed by atoms with Gasteiger partial charge in [0, 0.05) is 54.1 Å². The first kappa shape index (κ1) is 38.9. The molecule has 0 aromatic heterocycles. The van der Waals surface area contributed by atoms with Crippen molar-refractivity contribution in [2.75, 3.05) is 11.9 Å². The van der Waals surface area contributed by atoms with Crippen LogP contribution in [0.3, 0.4) is 0 Å². The number of benzene rings is 3. The number of ether oxygens (including phenoxy) is 2. The summed E-state index contributed by atoms with van der Waals surface area (Å²) in [6.07, 6.45) is 2.77. The van der Waals surface area contributed by atoms with Crippen molar-refractivity contribution in [3.05, 3.63) is 98.6 Å². The Morgan fingerprint density at radius 2 is 1.68 bits per heavy atom. The second kappa shape index (κ2) is 15.8. The van der Waals surface area contributed by atoms with E-state index < -0.39 is 41.6 Å². The zero-order chi connectivity index (χ0) is 40.0. The number of aliphatic hydroxyl groups excluding tert-OH is 2. The lowest BCUT2D eigenvalue weighted by molar-refractivity contribution is -0.170. The van der Waals surface area contributed by atoms with Crippen LogP contribution in [0, 0.1) is 23.7 Å². The number of aliphatic hydroxyl groups is 3. The minimum Gasteiger partial charge on any atom is -0.508 e. The number of hydrogen-bond donors (Lipinski definition) is 5. The minimum absolute atomic E-state index is 0.0168. The number of hydrogen-bond acceptors (Lipinski definition) is 10. The highest BCUT2D eigenvalue weighted by molar-refractivity contribution is 5.90. The average molecular weight is 774 g/mol. The van der Waals surface area contributed by atoms with Gasteiger partial charge in [0.2, 0.25) is 0 Å². The maximum absolute atomic E-state index is 15.0. The summed E-state index contributed by atoms with van der Waals surface area (Å²) in [5.74, 6) is 4.16. The van der Waals surface area contributed by atoms with Gasteiger partial charge in [-0.05, 0) is 123 Å². The number of aromatic hydroxyl groups is 1. The van der Waals surface area contributed by atoms with Gasteiger partial charge < -0.3 is 35.2 Å². The Bertz CT molecular complexity index is 2210. The highest BCUT2D eigenvalue weighted by Crippen LogP contribution is 2.44. The second-order valence-corrected chi connectivity index (χ2v) is 17.0. The van der Waals surface area contributed by atoms with E-state index in [0.29, 0.717) is 79.3 Å². The number of fused-ring (bicyclic) bond motifs is 9. The number of rotatable bonds is 5. The molecule has 0 radical (unpaired) electrons. The molecular formula is C47H51NO9. The monoisotopic (exact) mass is 773 g/mol. The Morgan fingerprint density at radius 3 is 2.47 bits per heavy atom. The predicted molar refractivity (Wildman–Crippen MR) is 213 cm³/mol. The van der Waals surface area contributed by atoms with Gasteiger partial charge in [0.15, 0.2) is 0 Å². The van der Waals surface area contributed by atoms with Crippen LogP contribution in [0.1, 0.15) is 110 Å². The molecular weight excluding hydrogens is 723 g/mol. The first-order valence-corrected chi connectivity index (χ1v) is 20.4. The number of phenols is 1. The minimum atomic E-state index is -1.59. The normalized spacial score (nSPS) is 27.7. The number of esters is 2. The molecule has 10 nitrogen and oxygen atoms in total. The van der Waals surface area contributed by atoms with Gasteiger partial charge in [-0.3, -0.25) is 9.59 Å². The number of ketones is 1. The molecule has 1 saturated carbocycles. The van der Waals surface area contributed by atoms with Crippen LogP contribution in [0.4, 0.5) is 5.69 Å². The molecule has 2 aliphatic carbocycles. The van der Waals surface area contributed by atoms with E-state index in [0.717, 1.165) is 16.7 Å². The van der Waals surface area contributed by atoms with Crippen molar-refractivity contribution in [2.24, 2.45) is 11.8 Å². The van der Waals surface area contributed by atoms with Crippen molar-refractivity contribution in [3.8, 4) is 23.3 Å². The number of anilines is 1. The van der Waals surface area contributed by atoms with Gasteiger partial charge in [-0.15, -0.1) is 0 Å². The molecule has 5 aliphatic rings. The molecule has 7 unspecified atom stereocenters. The van der Waals surface area contributed by atoms with Crippen molar-refractivity contribution in [1.29, 1.82) is 0 Å². The molecule has 1 fully saturated rings. The highest BCUT2D eigenvalue weighted by atomic mass is 16.6. The van der Waals surface area contributed by atoms with Gasteiger partial charge in [0.05, 0.1) is 25.0 Å². The van der Waals surface area contributed by atoms with Crippen molar-refractivity contribution >= 4 is 23.4 Å². The summed E-state index contributed by atoms with van der Waals surface area (Å²) in [7, 11) is 0. The van der Waals surface area contributed by atoms with Crippen LogP contribution < -0.4 is 10.1 Å².